The first-order valence-corrected chi connectivity index (χ1v) is 5.76. The van der Waals surface area contributed by atoms with Crippen molar-refractivity contribution in [3.05, 3.63) is 28.0 Å². The predicted molar refractivity (Wildman–Crippen MR) is 60.8 cm³/mol. The molecule has 1 aliphatic heterocycles. The second-order valence-corrected chi connectivity index (χ2v) is 4.46. The zero-order valence-electron chi connectivity index (χ0n) is 8.72. The molecule has 0 saturated carbocycles. The molecule has 1 aromatic rings. The van der Waals surface area contributed by atoms with Gasteiger partial charge in [0.15, 0.2) is 0 Å². The molecule has 1 N–H and O–H groups in total. The van der Waals surface area contributed by atoms with Crippen LogP contribution in [0.4, 0.5) is 4.39 Å². The SMILES string of the molecule is CC(=O)NC1CCOc2c1ccc(F)c2Br. The van der Waals surface area contributed by atoms with Crippen molar-refractivity contribution in [3.8, 4) is 5.75 Å². The van der Waals surface area contributed by atoms with E-state index in [9.17, 15) is 9.18 Å². The molecule has 1 atom stereocenters. The van der Waals surface area contributed by atoms with Gasteiger partial charge in [-0.25, -0.2) is 4.39 Å². The standard InChI is InChI=1S/C11H11BrFNO2/c1-6(15)14-9-4-5-16-11-7(9)2-3-8(13)10(11)12/h2-3,9H,4-5H2,1H3,(H,14,15). The molecule has 1 aromatic carbocycles. The van der Waals surface area contributed by atoms with E-state index < -0.39 is 0 Å². The van der Waals surface area contributed by atoms with E-state index in [2.05, 4.69) is 21.2 Å². The van der Waals surface area contributed by atoms with E-state index in [1.54, 1.807) is 6.07 Å². The van der Waals surface area contributed by atoms with E-state index in [4.69, 9.17) is 4.74 Å². The van der Waals surface area contributed by atoms with Crippen LogP contribution in [0.3, 0.4) is 0 Å². The first-order chi connectivity index (χ1) is 7.59. The molecule has 0 spiro atoms. The van der Waals surface area contributed by atoms with Crippen molar-refractivity contribution in [1.82, 2.24) is 5.32 Å². The summed E-state index contributed by atoms with van der Waals surface area (Å²) in [6.45, 7) is 1.94. The maximum Gasteiger partial charge on any atom is 0.217 e. The summed E-state index contributed by atoms with van der Waals surface area (Å²) < 4.78 is 19.0. The van der Waals surface area contributed by atoms with E-state index >= 15 is 0 Å². The number of halogens is 2. The van der Waals surface area contributed by atoms with Crippen molar-refractivity contribution < 1.29 is 13.9 Å². The van der Waals surface area contributed by atoms with Gasteiger partial charge in [-0.15, -0.1) is 0 Å². The number of benzene rings is 1. The van der Waals surface area contributed by atoms with Crippen LogP contribution < -0.4 is 10.1 Å². The summed E-state index contributed by atoms with van der Waals surface area (Å²) in [5, 5.41) is 2.82. The van der Waals surface area contributed by atoms with Gasteiger partial charge < -0.3 is 10.1 Å². The summed E-state index contributed by atoms with van der Waals surface area (Å²) in [6.07, 6.45) is 0.699. The Labute approximate surface area is 101 Å². The van der Waals surface area contributed by atoms with Gasteiger partial charge in [0.05, 0.1) is 17.1 Å². The third-order valence-electron chi connectivity index (χ3n) is 2.49. The summed E-state index contributed by atoms with van der Waals surface area (Å²) in [6, 6.07) is 2.92. The number of hydrogen-bond donors (Lipinski definition) is 1. The summed E-state index contributed by atoms with van der Waals surface area (Å²) >= 11 is 3.15. The highest BCUT2D eigenvalue weighted by Gasteiger charge is 2.25. The number of carbonyl (C=O) groups is 1. The van der Waals surface area contributed by atoms with Gasteiger partial charge in [0.1, 0.15) is 11.6 Å². The molecule has 0 saturated heterocycles. The van der Waals surface area contributed by atoms with E-state index in [0.717, 1.165) is 5.56 Å². The molecule has 1 amide bonds. The highest BCUT2D eigenvalue weighted by Crippen LogP contribution is 2.39. The number of ether oxygens (including phenoxy) is 1. The van der Waals surface area contributed by atoms with Gasteiger partial charge in [-0.05, 0) is 22.0 Å². The fourth-order valence-corrected chi connectivity index (χ4v) is 2.27. The Morgan fingerprint density at radius 1 is 1.62 bits per heavy atom. The van der Waals surface area contributed by atoms with Gasteiger partial charge in [0.2, 0.25) is 5.91 Å². The molecular weight excluding hydrogens is 277 g/mol. The van der Waals surface area contributed by atoms with Crippen molar-refractivity contribution in [2.45, 2.75) is 19.4 Å². The van der Waals surface area contributed by atoms with Crippen molar-refractivity contribution >= 4 is 21.8 Å². The smallest absolute Gasteiger partial charge is 0.217 e. The topological polar surface area (TPSA) is 38.3 Å². The fourth-order valence-electron chi connectivity index (χ4n) is 1.80. The Kier molecular flexibility index (Phi) is 3.14. The minimum Gasteiger partial charge on any atom is -0.492 e. The molecule has 86 valence electrons. The van der Waals surface area contributed by atoms with E-state index in [1.807, 2.05) is 0 Å². The number of carbonyl (C=O) groups excluding carboxylic acids is 1. The summed E-state index contributed by atoms with van der Waals surface area (Å²) in [4.78, 5) is 11.0. The molecule has 16 heavy (non-hydrogen) atoms. The summed E-state index contributed by atoms with van der Waals surface area (Å²) in [5.74, 6) is 0.0329. The van der Waals surface area contributed by atoms with Gasteiger partial charge in [-0.2, -0.15) is 0 Å². The molecule has 0 radical (unpaired) electrons. The van der Waals surface area contributed by atoms with Crippen molar-refractivity contribution in [3.63, 3.8) is 0 Å². The van der Waals surface area contributed by atoms with Gasteiger partial charge in [-0.3, -0.25) is 4.79 Å². The van der Waals surface area contributed by atoms with Crippen LogP contribution in [0, 0.1) is 5.82 Å². The van der Waals surface area contributed by atoms with Crippen LogP contribution in [0.5, 0.6) is 5.75 Å². The van der Waals surface area contributed by atoms with Crippen LogP contribution in [0.15, 0.2) is 16.6 Å². The highest BCUT2D eigenvalue weighted by molar-refractivity contribution is 9.10. The lowest BCUT2D eigenvalue weighted by Crippen LogP contribution is -2.30. The van der Waals surface area contributed by atoms with Crippen molar-refractivity contribution in [1.29, 1.82) is 0 Å². The first kappa shape index (κ1) is 11.4. The maximum absolute atomic E-state index is 13.3. The number of hydrogen-bond acceptors (Lipinski definition) is 2. The van der Waals surface area contributed by atoms with Crippen LogP contribution in [-0.4, -0.2) is 12.5 Å². The normalized spacial score (nSPS) is 18.6. The molecule has 0 aromatic heterocycles. The first-order valence-electron chi connectivity index (χ1n) is 4.97. The number of rotatable bonds is 1. The molecule has 0 aliphatic carbocycles. The molecule has 2 rings (SSSR count). The average Bonchev–Trinajstić information content (AvgIpc) is 2.23. The molecule has 1 aliphatic rings. The van der Waals surface area contributed by atoms with Gasteiger partial charge in [0.25, 0.3) is 0 Å². The molecule has 5 heteroatoms. The second kappa shape index (κ2) is 4.41. The maximum atomic E-state index is 13.3. The Hall–Kier alpha value is -1.10. The monoisotopic (exact) mass is 287 g/mol. The number of amides is 1. The van der Waals surface area contributed by atoms with Crippen LogP contribution in [0.1, 0.15) is 24.9 Å². The summed E-state index contributed by atoms with van der Waals surface area (Å²) in [5.41, 5.74) is 0.815. The van der Waals surface area contributed by atoms with Gasteiger partial charge in [-0.1, -0.05) is 6.07 Å². The van der Waals surface area contributed by atoms with Gasteiger partial charge in [0, 0.05) is 18.9 Å². The fraction of sp³-hybridized carbons (Fsp3) is 0.364. The number of nitrogens with one attached hydrogen (secondary N) is 1. The molecule has 0 bridgehead atoms. The number of fused-ring (bicyclic) bond motifs is 1. The molecule has 1 heterocycles. The second-order valence-electron chi connectivity index (χ2n) is 3.67. The quantitative estimate of drug-likeness (QED) is 0.862. The third kappa shape index (κ3) is 2.04. The minimum absolute atomic E-state index is 0.0988. The van der Waals surface area contributed by atoms with E-state index in [-0.39, 0.29) is 17.8 Å². The Morgan fingerprint density at radius 2 is 2.38 bits per heavy atom. The Morgan fingerprint density at radius 3 is 3.06 bits per heavy atom. The predicted octanol–water partition coefficient (Wildman–Crippen LogP) is 2.55. The third-order valence-corrected chi connectivity index (χ3v) is 3.23. The lowest BCUT2D eigenvalue weighted by atomic mass is 10.0. The van der Waals surface area contributed by atoms with E-state index in [1.165, 1.54) is 13.0 Å². The highest BCUT2D eigenvalue weighted by atomic mass is 79.9. The Bertz CT molecular complexity index is 436. The van der Waals surface area contributed by atoms with Crippen molar-refractivity contribution in [2.24, 2.45) is 0 Å². The minimum atomic E-state index is -0.359. The molecular formula is C11H11BrFNO2. The molecule has 3 nitrogen and oxygen atoms in total. The van der Waals surface area contributed by atoms with E-state index in [0.29, 0.717) is 23.2 Å². The lowest BCUT2D eigenvalue weighted by molar-refractivity contribution is -0.119. The lowest BCUT2D eigenvalue weighted by Gasteiger charge is -2.27. The Balaban J connectivity index is 2.39. The summed E-state index contributed by atoms with van der Waals surface area (Å²) in [7, 11) is 0. The van der Waals surface area contributed by atoms with Crippen LogP contribution in [0.2, 0.25) is 0 Å². The average molecular weight is 288 g/mol. The van der Waals surface area contributed by atoms with Crippen LogP contribution in [0.25, 0.3) is 0 Å². The van der Waals surface area contributed by atoms with Crippen molar-refractivity contribution in [2.75, 3.05) is 6.61 Å². The molecule has 1 unspecified atom stereocenters. The zero-order valence-corrected chi connectivity index (χ0v) is 10.3. The zero-order chi connectivity index (χ0) is 11.7. The largest absolute Gasteiger partial charge is 0.492 e. The van der Waals surface area contributed by atoms with Gasteiger partial charge >= 0.3 is 0 Å². The van der Waals surface area contributed by atoms with Crippen LogP contribution in [-0.2, 0) is 4.79 Å². The van der Waals surface area contributed by atoms with Crippen LogP contribution >= 0.6 is 15.9 Å². The molecule has 0 fully saturated rings.